The minimum absolute atomic E-state index is 0. The molecule has 0 bridgehead atoms. The van der Waals surface area contributed by atoms with Crippen molar-refractivity contribution < 1.29 is 27.8 Å². The van der Waals surface area contributed by atoms with Crippen molar-refractivity contribution in [3.05, 3.63) is 17.7 Å². The summed E-state index contributed by atoms with van der Waals surface area (Å²) in [5.74, 6) is 0.263. The summed E-state index contributed by atoms with van der Waals surface area (Å²) in [5, 5.41) is 2.52. The second-order valence-corrected chi connectivity index (χ2v) is 4.20. The molecule has 0 aromatic heterocycles. The highest BCUT2D eigenvalue weighted by Gasteiger charge is 2.20. The first kappa shape index (κ1) is 17.3. The first-order chi connectivity index (χ1) is 9.47. The van der Waals surface area contributed by atoms with Crippen LogP contribution in [0.3, 0.4) is 0 Å². The zero-order chi connectivity index (χ0) is 14.7. The Hall–Kier alpha value is -1.80. The van der Waals surface area contributed by atoms with Gasteiger partial charge in [0.05, 0.1) is 6.04 Å². The summed E-state index contributed by atoms with van der Waals surface area (Å²) in [6, 6.07) is 2.10. The average molecular weight is 325 g/mol. The number of nitrogens with two attached hydrogens (primary N) is 1. The number of rotatable bonds is 5. The zero-order valence-electron chi connectivity index (χ0n) is 11.1. The van der Waals surface area contributed by atoms with Gasteiger partial charge in [0.25, 0.3) is 0 Å². The van der Waals surface area contributed by atoms with E-state index >= 15 is 0 Å². The minimum atomic E-state index is -2.97. The van der Waals surface area contributed by atoms with Gasteiger partial charge < -0.3 is 25.3 Å². The van der Waals surface area contributed by atoms with E-state index in [-0.39, 0.29) is 31.5 Å². The number of carbonyl (C=O) groups is 1. The molecule has 9 heteroatoms. The molecule has 0 fully saturated rings. The summed E-state index contributed by atoms with van der Waals surface area (Å²) in [4.78, 5) is 11.4. The van der Waals surface area contributed by atoms with E-state index in [1.54, 1.807) is 0 Å². The van der Waals surface area contributed by atoms with Crippen molar-refractivity contribution in [3.8, 4) is 17.2 Å². The van der Waals surface area contributed by atoms with Gasteiger partial charge in [-0.25, -0.2) is 0 Å². The fourth-order valence-corrected chi connectivity index (χ4v) is 1.65. The molecule has 0 unspecified atom stereocenters. The highest BCUT2D eigenvalue weighted by Crippen LogP contribution is 2.38. The second-order valence-electron chi connectivity index (χ2n) is 4.20. The minimum Gasteiger partial charge on any atom is -0.454 e. The third kappa shape index (κ3) is 4.33. The van der Waals surface area contributed by atoms with Crippen LogP contribution in [0.1, 0.15) is 12.5 Å². The van der Waals surface area contributed by atoms with Crippen molar-refractivity contribution >= 4 is 18.3 Å². The molecule has 1 aromatic carbocycles. The van der Waals surface area contributed by atoms with Gasteiger partial charge in [-0.05, 0) is 13.0 Å². The molecule has 6 nitrogen and oxygen atoms in total. The Kier molecular flexibility index (Phi) is 5.98. The molecule has 1 aromatic rings. The molecule has 0 saturated carbocycles. The summed E-state index contributed by atoms with van der Waals surface area (Å²) in [6.45, 7) is -1.44. The largest absolute Gasteiger partial charge is 0.454 e. The zero-order valence-corrected chi connectivity index (χ0v) is 11.9. The molecule has 3 N–H and O–H groups in total. The number of carbonyl (C=O) groups excluding carboxylic acids is 1. The lowest BCUT2D eigenvalue weighted by molar-refractivity contribution is -0.122. The van der Waals surface area contributed by atoms with Crippen LogP contribution < -0.4 is 25.3 Å². The highest BCUT2D eigenvalue weighted by molar-refractivity contribution is 5.85. The third-order valence-electron chi connectivity index (χ3n) is 2.64. The Labute approximate surface area is 125 Å². The van der Waals surface area contributed by atoms with Crippen molar-refractivity contribution in [3.63, 3.8) is 0 Å². The van der Waals surface area contributed by atoms with Crippen LogP contribution in [0.25, 0.3) is 0 Å². The number of amides is 1. The molecular weight excluding hydrogens is 310 g/mol. The lowest BCUT2D eigenvalue weighted by atomic mass is 10.1. The number of hydrogen-bond acceptors (Lipinski definition) is 5. The van der Waals surface area contributed by atoms with Crippen molar-refractivity contribution in [2.75, 3.05) is 6.79 Å². The standard InChI is InChI=1S/C12H14F2N2O4.ClH/c1-6(15)11(17)16-4-7-2-9-10(19-5-18-9)3-8(7)20-12(13)14;/h2-3,6,12H,4-5,15H2,1H3,(H,16,17);1H/t6-;/m1./s1. The Balaban J connectivity index is 0.00000220. The second kappa shape index (κ2) is 7.28. The number of alkyl halides is 2. The maximum absolute atomic E-state index is 12.4. The Morgan fingerprint density at radius 3 is 2.62 bits per heavy atom. The van der Waals surface area contributed by atoms with Gasteiger partial charge in [0.2, 0.25) is 12.7 Å². The molecule has 1 amide bonds. The molecular formula is C12H15ClF2N2O4. The van der Waals surface area contributed by atoms with Crippen LogP contribution in [0.5, 0.6) is 17.2 Å². The van der Waals surface area contributed by atoms with E-state index in [1.807, 2.05) is 0 Å². The summed E-state index contributed by atoms with van der Waals surface area (Å²) in [5.41, 5.74) is 5.75. The SMILES string of the molecule is C[C@@H](N)C(=O)NCc1cc2c(cc1OC(F)F)OCO2.Cl. The van der Waals surface area contributed by atoms with Gasteiger partial charge in [-0.2, -0.15) is 8.78 Å². The van der Waals surface area contributed by atoms with Gasteiger partial charge in [-0.1, -0.05) is 0 Å². The van der Waals surface area contributed by atoms with Crippen LogP contribution >= 0.6 is 12.4 Å². The number of nitrogens with one attached hydrogen (secondary N) is 1. The van der Waals surface area contributed by atoms with Crippen LogP contribution in [0.4, 0.5) is 8.78 Å². The van der Waals surface area contributed by atoms with Crippen LogP contribution in [0, 0.1) is 0 Å². The quantitative estimate of drug-likeness (QED) is 0.855. The van der Waals surface area contributed by atoms with Crippen LogP contribution in [0.2, 0.25) is 0 Å². The van der Waals surface area contributed by atoms with E-state index in [1.165, 1.54) is 19.1 Å². The third-order valence-corrected chi connectivity index (χ3v) is 2.64. The van der Waals surface area contributed by atoms with Crippen LogP contribution in [-0.4, -0.2) is 25.4 Å². The van der Waals surface area contributed by atoms with Gasteiger partial charge >= 0.3 is 6.61 Å². The number of fused-ring (bicyclic) bond motifs is 1. The molecule has 0 aliphatic carbocycles. The van der Waals surface area contributed by atoms with Gasteiger partial charge in [0, 0.05) is 18.2 Å². The van der Waals surface area contributed by atoms with E-state index in [0.29, 0.717) is 17.1 Å². The topological polar surface area (TPSA) is 82.8 Å². The monoisotopic (exact) mass is 324 g/mol. The molecule has 118 valence electrons. The van der Waals surface area contributed by atoms with Gasteiger partial charge in [-0.3, -0.25) is 4.79 Å². The highest BCUT2D eigenvalue weighted by atomic mass is 35.5. The maximum atomic E-state index is 12.4. The van der Waals surface area contributed by atoms with Crippen molar-refractivity contribution in [1.29, 1.82) is 0 Å². The van der Waals surface area contributed by atoms with E-state index in [0.717, 1.165) is 0 Å². The smallest absolute Gasteiger partial charge is 0.387 e. The Morgan fingerprint density at radius 2 is 2.05 bits per heavy atom. The lowest BCUT2D eigenvalue weighted by Gasteiger charge is -2.13. The predicted molar refractivity (Wildman–Crippen MR) is 71.9 cm³/mol. The summed E-state index contributed by atoms with van der Waals surface area (Å²) in [6.07, 6.45) is 0. The molecule has 1 heterocycles. The van der Waals surface area contributed by atoms with E-state index in [2.05, 4.69) is 10.1 Å². The van der Waals surface area contributed by atoms with E-state index in [4.69, 9.17) is 15.2 Å². The summed E-state index contributed by atoms with van der Waals surface area (Å²) >= 11 is 0. The van der Waals surface area contributed by atoms with Crippen LogP contribution in [-0.2, 0) is 11.3 Å². The van der Waals surface area contributed by atoms with Gasteiger partial charge in [-0.15, -0.1) is 12.4 Å². The number of hydrogen-bond donors (Lipinski definition) is 2. The van der Waals surface area contributed by atoms with Crippen molar-refractivity contribution in [1.82, 2.24) is 5.32 Å². The number of ether oxygens (including phenoxy) is 3. The molecule has 1 aliphatic rings. The number of halogens is 3. The molecule has 2 rings (SSSR count). The van der Waals surface area contributed by atoms with Crippen molar-refractivity contribution in [2.24, 2.45) is 5.73 Å². The molecule has 0 radical (unpaired) electrons. The summed E-state index contributed by atoms with van der Waals surface area (Å²) in [7, 11) is 0. The fourth-order valence-electron chi connectivity index (χ4n) is 1.65. The van der Waals surface area contributed by atoms with Gasteiger partial charge in [0.15, 0.2) is 11.5 Å². The fraction of sp³-hybridized carbons (Fsp3) is 0.417. The Morgan fingerprint density at radius 1 is 1.43 bits per heavy atom. The predicted octanol–water partition coefficient (Wildman–Crippen LogP) is 1.40. The molecule has 1 aliphatic heterocycles. The Bertz CT molecular complexity index is 514. The average Bonchev–Trinajstić information content (AvgIpc) is 2.81. The van der Waals surface area contributed by atoms with Crippen LogP contribution in [0.15, 0.2) is 12.1 Å². The van der Waals surface area contributed by atoms with E-state index < -0.39 is 18.6 Å². The number of benzene rings is 1. The molecule has 21 heavy (non-hydrogen) atoms. The molecule has 0 spiro atoms. The first-order valence-corrected chi connectivity index (χ1v) is 5.88. The summed E-state index contributed by atoms with van der Waals surface area (Å²) < 4.78 is 39.4. The lowest BCUT2D eigenvalue weighted by Crippen LogP contribution is -2.37. The molecule has 1 atom stereocenters. The van der Waals surface area contributed by atoms with Gasteiger partial charge in [0.1, 0.15) is 5.75 Å². The first-order valence-electron chi connectivity index (χ1n) is 5.88. The van der Waals surface area contributed by atoms with E-state index in [9.17, 15) is 13.6 Å². The molecule has 0 saturated heterocycles. The van der Waals surface area contributed by atoms with Crippen molar-refractivity contribution in [2.45, 2.75) is 26.1 Å². The normalized spacial score (nSPS) is 13.6. The maximum Gasteiger partial charge on any atom is 0.387 e.